The van der Waals surface area contributed by atoms with Crippen LogP contribution in [-0.2, 0) is 26.7 Å². The van der Waals surface area contributed by atoms with Gasteiger partial charge in [-0.3, -0.25) is 9.67 Å². The van der Waals surface area contributed by atoms with E-state index in [1.54, 1.807) is 6.20 Å². The zero-order chi connectivity index (χ0) is 18.5. The molecule has 1 aromatic carbocycles. The predicted octanol–water partition coefficient (Wildman–Crippen LogP) is 3.95. The molecule has 0 bridgehead atoms. The van der Waals surface area contributed by atoms with E-state index >= 15 is 0 Å². The maximum absolute atomic E-state index is 6.00. The molecule has 4 rings (SSSR count). The molecule has 0 spiro atoms. The topological polar surface area (TPSA) is 52.0 Å². The molecule has 1 aliphatic rings. The molecule has 5 nitrogen and oxygen atoms in total. The normalized spacial score (nSPS) is 14.1. The molecular formula is C22H26N4O. The third-order valence-corrected chi connectivity index (χ3v) is 5.17. The molecule has 0 radical (unpaired) electrons. The number of aryl methyl sites for hydroxylation is 1. The Morgan fingerprint density at radius 2 is 1.93 bits per heavy atom. The summed E-state index contributed by atoms with van der Waals surface area (Å²) in [5, 5.41) is 8.23. The number of hydrogen-bond donors (Lipinski definition) is 1. The number of aromatic nitrogens is 3. The Morgan fingerprint density at radius 3 is 2.70 bits per heavy atom. The van der Waals surface area contributed by atoms with E-state index in [9.17, 15) is 0 Å². The van der Waals surface area contributed by atoms with Crippen LogP contribution in [0.1, 0.15) is 47.6 Å². The van der Waals surface area contributed by atoms with Crippen LogP contribution < -0.4 is 10.1 Å². The van der Waals surface area contributed by atoms with Crippen LogP contribution in [0.4, 0.5) is 0 Å². The Kier molecular flexibility index (Phi) is 5.49. The number of pyridine rings is 1. The van der Waals surface area contributed by atoms with Crippen molar-refractivity contribution < 1.29 is 4.74 Å². The second-order valence-corrected chi connectivity index (χ2v) is 7.20. The molecule has 1 N–H and O–H groups in total. The van der Waals surface area contributed by atoms with Gasteiger partial charge in [0.25, 0.3) is 0 Å². The number of hydrogen-bond acceptors (Lipinski definition) is 4. The first kappa shape index (κ1) is 17.7. The second kappa shape index (κ2) is 8.35. The van der Waals surface area contributed by atoms with E-state index in [0.29, 0.717) is 12.5 Å². The monoisotopic (exact) mass is 362 g/mol. The van der Waals surface area contributed by atoms with Crippen molar-refractivity contribution in [2.24, 2.45) is 7.05 Å². The molecule has 3 aromatic rings. The standard InChI is InChI=1S/C22H26N4O/c1-26-15-20(22(25-26)18-8-5-9-18)13-24-12-19-10-11-23-14-21(19)27-16-17-6-3-2-4-7-17/h2-4,6-7,10-11,14-15,18,24H,5,8-9,12-13,16H2,1H3. The van der Waals surface area contributed by atoms with Crippen molar-refractivity contribution in [3.63, 3.8) is 0 Å². The van der Waals surface area contributed by atoms with Crippen LogP contribution in [0.5, 0.6) is 5.75 Å². The fourth-order valence-corrected chi connectivity index (χ4v) is 3.47. The molecule has 0 aliphatic heterocycles. The van der Waals surface area contributed by atoms with Gasteiger partial charge >= 0.3 is 0 Å². The average molecular weight is 362 g/mol. The van der Waals surface area contributed by atoms with E-state index in [2.05, 4.69) is 33.7 Å². The van der Waals surface area contributed by atoms with Crippen LogP contribution in [0.15, 0.2) is 55.0 Å². The fraction of sp³-hybridized carbons (Fsp3) is 0.364. The first-order valence-electron chi connectivity index (χ1n) is 9.62. The summed E-state index contributed by atoms with van der Waals surface area (Å²) >= 11 is 0. The largest absolute Gasteiger partial charge is 0.487 e. The van der Waals surface area contributed by atoms with Crippen molar-refractivity contribution in [3.8, 4) is 5.75 Å². The van der Waals surface area contributed by atoms with Gasteiger partial charge in [0, 0.05) is 49.6 Å². The highest BCUT2D eigenvalue weighted by Crippen LogP contribution is 2.37. The van der Waals surface area contributed by atoms with Gasteiger partial charge in [0.15, 0.2) is 0 Å². The van der Waals surface area contributed by atoms with Crippen LogP contribution in [0.25, 0.3) is 0 Å². The molecule has 1 fully saturated rings. The number of rotatable bonds is 8. The highest BCUT2D eigenvalue weighted by molar-refractivity contribution is 5.30. The minimum absolute atomic E-state index is 0.550. The molecule has 1 saturated carbocycles. The molecule has 140 valence electrons. The maximum Gasteiger partial charge on any atom is 0.142 e. The van der Waals surface area contributed by atoms with Crippen LogP contribution in [0.3, 0.4) is 0 Å². The Hall–Kier alpha value is -2.66. The summed E-state index contributed by atoms with van der Waals surface area (Å²) in [6, 6.07) is 12.2. The van der Waals surface area contributed by atoms with Crippen LogP contribution in [0, 0.1) is 0 Å². The van der Waals surface area contributed by atoms with Gasteiger partial charge in [-0.25, -0.2) is 0 Å². The summed E-state index contributed by atoms with van der Waals surface area (Å²) in [6.45, 7) is 2.11. The molecule has 0 unspecified atom stereocenters. The van der Waals surface area contributed by atoms with Gasteiger partial charge in [-0.1, -0.05) is 36.8 Å². The minimum Gasteiger partial charge on any atom is -0.487 e. The fourth-order valence-electron chi connectivity index (χ4n) is 3.47. The summed E-state index contributed by atoms with van der Waals surface area (Å²) in [5.74, 6) is 1.48. The lowest BCUT2D eigenvalue weighted by Crippen LogP contribution is -2.17. The van der Waals surface area contributed by atoms with Gasteiger partial charge in [0.2, 0.25) is 0 Å². The number of benzene rings is 1. The highest BCUT2D eigenvalue weighted by Gasteiger charge is 2.24. The van der Waals surface area contributed by atoms with Crippen LogP contribution in [0.2, 0.25) is 0 Å². The van der Waals surface area contributed by atoms with Crippen molar-refractivity contribution >= 4 is 0 Å². The van der Waals surface area contributed by atoms with E-state index in [4.69, 9.17) is 4.74 Å². The van der Waals surface area contributed by atoms with Crippen molar-refractivity contribution in [2.75, 3.05) is 0 Å². The Labute approximate surface area is 160 Å². The van der Waals surface area contributed by atoms with Crippen molar-refractivity contribution in [1.82, 2.24) is 20.1 Å². The third kappa shape index (κ3) is 4.37. The van der Waals surface area contributed by atoms with E-state index in [-0.39, 0.29) is 0 Å². The minimum atomic E-state index is 0.550. The van der Waals surface area contributed by atoms with Crippen molar-refractivity contribution in [3.05, 3.63) is 77.4 Å². The summed E-state index contributed by atoms with van der Waals surface area (Å²) in [4.78, 5) is 4.22. The SMILES string of the molecule is Cn1cc(CNCc2ccncc2OCc2ccccc2)c(C2CCC2)n1. The summed E-state index contributed by atoms with van der Waals surface area (Å²) < 4.78 is 7.94. The summed E-state index contributed by atoms with van der Waals surface area (Å²) in [7, 11) is 2.00. The Morgan fingerprint density at radius 1 is 1.11 bits per heavy atom. The Balaban J connectivity index is 1.36. The van der Waals surface area contributed by atoms with E-state index in [1.807, 2.05) is 42.2 Å². The predicted molar refractivity (Wildman–Crippen MR) is 105 cm³/mol. The van der Waals surface area contributed by atoms with Crippen LogP contribution in [-0.4, -0.2) is 14.8 Å². The molecule has 27 heavy (non-hydrogen) atoms. The molecule has 0 amide bonds. The lowest BCUT2D eigenvalue weighted by atomic mass is 9.81. The number of nitrogens with one attached hydrogen (secondary N) is 1. The summed E-state index contributed by atoms with van der Waals surface area (Å²) in [6.07, 6.45) is 9.62. The van der Waals surface area contributed by atoms with Gasteiger partial charge in [-0.15, -0.1) is 0 Å². The number of nitrogens with zero attached hydrogens (tertiary/aromatic N) is 3. The number of ether oxygens (including phenoxy) is 1. The lowest BCUT2D eigenvalue weighted by molar-refractivity contribution is 0.301. The first-order valence-corrected chi connectivity index (χ1v) is 9.62. The van der Waals surface area contributed by atoms with Crippen molar-refractivity contribution in [1.29, 1.82) is 0 Å². The lowest BCUT2D eigenvalue weighted by Gasteiger charge is -2.24. The van der Waals surface area contributed by atoms with Gasteiger partial charge < -0.3 is 10.1 Å². The van der Waals surface area contributed by atoms with E-state index in [1.165, 1.54) is 30.5 Å². The molecule has 1 aliphatic carbocycles. The van der Waals surface area contributed by atoms with Gasteiger partial charge in [-0.2, -0.15) is 5.10 Å². The zero-order valence-corrected chi connectivity index (χ0v) is 15.8. The zero-order valence-electron chi connectivity index (χ0n) is 15.8. The molecule has 5 heteroatoms. The molecule has 0 atom stereocenters. The smallest absolute Gasteiger partial charge is 0.142 e. The second-order valence-electron chi connectivity index (χ2n) is 7.20. The molecular weight excluding hydrogens is 336 g/mol. The quantitative estimate of drug-likeness (QED) is 0.659. The van der Waals surface area contributed by atoms with Crippen LogP contribution >= 0.6 is 0 Å². The van der Waals surface area contributed by atoms with Gasteiger partial charge in [0.1, 0.15) is 12.4 Å². The summed E-state index contributed by atoms with van der Waals surface area (Å²) in [5.41, 5.74) is 4.85. The maximum atomic E-state index is 6.00. The third-order valence-electron chi connectivity index (χ3n) is 5.17. The van der Waals surface area contributed by atoms with Crippen molar-refractivity contribution in [2.45, 2.75) is 44.9 Å². The van der Waals surface area contributed by atoms with E-state index in [0.717, 1.165) is 30.0 Å². The Bertz CT molecular complexity index is 871. The first-order chi connectivity index (χ1) is 13.3. The average Bonchev–Trinajstić information content (AvgIpc) is 3.00. The highest BCUT2D eigenvalue weighted by atomic mass is 16.5. The molecule has 2 heterocycles. The molecule has 0 saturated heterocycles. The molecule has 2 aromatic heterocycles. The van der Waals surface area contributed by atoms with Gasteiger partial charge in [0.05, 0.1) is 11.9 Å². The van der Waals surface area contributed by atoms with Gasteiger partial charge in [-0.05, 0) is 24.5 Å². The van der Waals surface area contributed by atoms with E-state index < -0.39 is 0 Å².